The molecule has 0 spiro atoms. The number of hydrogen-bond acceptors (Lipinski definition) is 5. The topological polar surface area (TPSA) is 80.5 Å². The second-order valence-corrected chi connectivity index (χ2v) is 10.3. The van der Waals surface area contributed by atoms with Crippen molar-refractivity contribution >= 4 is 11.9 Å². The molecule has 6 unspecified atom stereocenters. The van der Waals surface area contributed by atoms with Crippen molar-refractivity contribution < 1.29 is 23.8 Å². The minimum atomic E-state index is -0.288. The van der Waals surface area contributed by atoms with Gasteiger partial charge in [0, 0.05) is 17.9 Å². The zero-order chi connectivity index (χ0) is 19.4. The third-order valence-electron chi connectivity index (χ3n) is 7.10. The van der Waals surface area contributed by atoms with Gasteiger partial charge in [-0.15, -0.1) is 0 Å². The van der Waals surface area contributed by atoms with Crippen LogP contribution in [0.2, 0.25) is 0 Å². The van der Waals surface area contributed by atoms with Gasteiger partial charge in [0.2, 0.25) is 5.91 Å². The van der Waals surface area contributed by atoms with Crippen molar-refractivity contribution in [1.82, 2.24) is 5.32 Å². The molecular weight excluding hydrogens is 346 g/mol. The van der Waals surface area contributed by atoms with Gasteiger partial charge in [0.1, 0.15) is 0 Å². The van der Waals surface area contributed by atoms with Gasteiger partial charge in [0.05, 0.1) is 35.9 Å². The maximum Gasteiger partial charge on any atom is 0.309 e. The highest BCUT2D eigenvalue weighted by Gasteiger charge is 2.57. The van der Waals surface area contributed by atoms with E-state index in [4.69, 9.17) is 14.2 Å². The number of esters is 1. The molecule has 4 fully saturated rings. The summed E-state index contributed by atoms with van der Waals surface area (Å²) in [6.45, 7) is 9.11. The molecule has 152 valence electrons. The summed E-state index contributed by atoms with van der Waals surface area (Å²) in [6.07, 6.45) is 5.69. The molecule has 0 radical (unpaired) electrons. The van der Waals surface area contributed by atoms with Gasteiger partial charge in [-0.25, -0.2) is 0 Å². The van der Waals surface area contributed by atoms with E-state index in [1.165, 1.54) is 0 Å². The number of epoxide rings is 2. The molecule has 0 aromatic rings. The van der Waals surface area contributed by atoms with Crippen molar-refractivity contribution in [1.29, 1.82) is 0 Å². The summed E-state index contributed by atoms with van der Waals surface area (Å²) in [5.74, 6) is -0.0288. The first kappa shape index (κ1) is 19.2. The predicted molar refractivity (Wildman–Crippen MR) is 99.0 cm³/mol. The van der Waals surface area contributed by atoms with Crippen LogP contribution in [0.15, 0.2) is 0 Å². The summed E-state index contributed by atoms with van der Waals surface area (Å²) in [6, 6.07) is 0. The van der Waals surface area contributed by atoms with Crippen molar-refractivity contribution in [2.24, 2.45) is 17.3 Å². The van der Waals surface area contributed by atoms with E-state index in [9.17, 15) is 9.59 Å². The molecular formula is C21H33NO5. The monoisotopic (exact) mass is 379 g/mol. The second kappa shape index (κ2) is 6.45. The molecule has 4 aliphatic rings. The Labute approximate surface area is 161 Å². The minimum Gasteiger partial charge on any atom is -0.465 e. The lowest BCUT2D eigenvalue weighted by Gasteiger charge is -2.28. The molecule has 0 aromatic heterocycles. The highest BCUT2D eigenvalue weighted by Crippen LogP contribution is 2.50. The van der Waals surface area contributed by atoms with Gasteiger partial charge in [0.25, 0.3) is 0 Å². The summed E-state index contributed by atoms with van der Waals surface area (Å²) >= 11 is 0. The van der Waals surface area contributed by atoms with Crippen LogP contribution in [-0.4, -0.2) is 48.4 Å². The van der Waals surface area contributed by atoms with Crippen LogP contribution in [0.25, 0.3) is 0 Å². The Balaban J connectivity index is 1.17. The largest absolute Gasteiger partial charge is 0.465 e. The lowest BCUT2D eigenvalue weighted by atomic mass is 9.82. The summed E-state index contributed by atoms with van der Waals surface area (Å²) in [7, 11) is 0. The van der Waals surface area contributed by atoms with E-state index in [2.05, 4.69) is 19.2 Å². The number of fused-ring (bicyclic) bond motifs is 2. The number of hydrogen-bond donors (Lipinski definition) is 1. The molecule has 2 saturated heterocycles. The fourth-order valence-corrected chi connectivity index (χ4v) is 4.65. The molecule has 2 saturated carbocycles. The summed E-state index contributed by atoms with van der Waals surface area (Å²) in [5.41, 5.74) is -0.238. The van der Waals surface area contributed by atoms with Crippen LogP contribution in [0, 0.1) is 17.3 Å². The first-order chi connectivity index (χ1) is 12.6. The Kier molecular flexibility index (Phi) is 4.58. The molecule has 4 rings (SSSR count). The standard InChI is InChI=1S/C21H33NO5/c1-19(2,11-22-17(23)13-5-7-20(3)15(9-13)26-20)12-25-18(24)14-6-8-21(4)16(10-14)27-21/h13-16H,5-12H2,1-4H3,(H,22,23). The average Bonchev–Trinajstić information content (AvgIpc) is 3.49. The van der Waals surface area contributed by atoms with Gasteiger partial charge in [-0.2, -0.15) is 0 Å². The van der Waals surface area contributed by atoms with Crippen molar-refractivity contribution in [2.45, 2.75) is 89.6 Å². The van der Waals surface area contributed by atoms with E-state index >= 15 is 0 Å². The van der Waals surface area contributed by atoms with E-state index in [1.54, 1.807) is 0 Å². The van der Waals surface area contributed by atoms with E-state index in [-0.39, 0.29) is 52.5 Å². The van der Waals surface area contributed by atoms with Gasteiger partial charge < -0.3 is 19.5 Å². The molecule has 27 heavy (non-hydrogen) atoms. The van der Waals surface area contributed by atoms with Gasteiger partial charge in [-0.3, -0.25) is 9.59 Å². The third kappa shape index (κ3) is 4.02. The summed E-state index contributed by atoms with van der Waals surface area (Å²) < 4.78 is 16.9. The molecule has 6 heteroatoms. The maximum absolute atomic E-state index is 12.5. The van der Waals surface area contributed by atoms with E-state index in [0.29, 0.717) is 13.2 Å². The lowest BCUT2D eigenvalue weighted by Crippen LogP contribution is -2.42. The van der Waals surface area contributed by atoms with Crippen molar-refractivity contribution in [3.8, 4) is 0 Å². The number of amides is 1. The Morgan fingerprint density at radius 2 is 1.59 bits per heavy atom. The fourth-order valence-electron chi connectivity index (χ4n) is 4.65. The highest BCUT2D eigenvalue weighted by molar-refractivity contribution is 5.79. The smallest absolute Gasteiger partial charge is 0.309 e. The third-order valence-corrected chi connectivity index (χ3v) is 7.10. The van der Waals surface area contributed by atoms with E-state index in [1.807, 2.05) is 13.8 Å². The zero-order valence-corrected chi connectivity index (χ0v) is 17.0. The van der Waals surface area contributed by atoms with Crippen LogP contribution in [0.5, 0.6) is 0 Å². The Morgan fingerprint density at radius 3 is 2.19 bits per heavy atom. The van der Waals surface area contributed by atoms with Crippen LogP contribution in [0.4, 0.5) is 0 Å². The Bertz CT molecular complexity index is 582. The molecule has 2 aliphatic heterocycles. The number of carbonyl (C=O) groups excluding carboxylic acids is 2. The molecule has 1 amide bonds. The van der Waals surface area contributed by atoms with E-state index < -0.39 is 0 Å². The SMILES string of the molecule is CC(C)(CNC(=O)C1CCC2(C)OC2C1)COC(=O)C1CCC2(C)OC2C1. The number of carbonyl (C=O) groups is 2. The Hall–Kier alpha value is -1.14. The van der Waals surface area contributed by atoms with Gasteiger partial charge in [-0.1, -0.05) is 13.8 Å². The quantitative estimate of drug-likeness (QED) is 0.567. The normalized spacial score (nSPS) is 42.5. The maximum atomic E-state index is 12.5. The number of ether oxygens (including phenoxy) is 3. The summed E-state index contributed by atoms with van der Waals surface area (Å²) in [4.78, 5) is 24.9. The molecule has 0 aromatic carbocycles. The molecule has 6 atom stereocenters. The molecule has 2 aliphatic carbocycles. The zero-order valence-electron chi connectivity index (χ0n) is 17.0. The second-order valence-electron chi connectivity index (χ2n) is 10.3. The van der Waals surface area contributed by atoms with Crippen LogP contribution in [-0.2, 0) is 23.8 Å². The van der Waals surface area contributed by atoms with Crippen LogP contribution < -0.4 is 5.32 Å². The first-order valence-electron chi connectivity index (χ1n) is 10.4. The van der Waals surface area contributed by atoms with Gasteiger partial charge in [0.15, 0.2) is 0 Å². The highest BCUT2D eigenvalue weighted by atomic mass is 16.6. The van der Waals surface area contributed by atoms with Crippen LogP contribution in [0.3, 0.4) is 0 Å². The van der Waals surface area contributed by atoms with Crippen molar-refractivity contribution in [3.05, 3.63) is 0 Å². The van der Waals surface area contributed by atoms with E-state index in [0.717, 1.165) is 38.5 Å². The van der Waals surface area contributed by atoms with Crippen LogP contribution in [0.1, 0.15) is 66.2 Å². The van der Waals surface area contributed by atoms with Gasteiger partial charge in [-0.05, 0) is 52.4 Å². The van der Waals surface area contributed by atoms with Gasteiger partial charge >= 0.3 is 5.97 Å². The first-order valence-corrected chi connectivity index (χ1v) is 10.4. The van der Waals surface area contributed by atoms with Crippen molar-refractivity contribution in [2.75, 3.05) is 13.2 Å². The fraction of sp³-hybridized carbons (Fsp3) is 0.905. The van der Waals surface area contributed by atoms with Crippen molar-refractivity contribution in [3.63, 3.8) is 0 Å². The molecule has 6 nitrogen and oxygen atoms in total. The average molecular weight is 379 g/mol. The number of nitrogens with one attached hydrogen (secondary N) is 1. The molecule has 0 bridgehead atoms. The molecule has 2 heterocycles. The Morgan fingerprint density at radius 1 is 1.04 bits per heavy atom. The predicted octanol–water partition coefficient (Wildman–Crippen LogP) is 2.59. The lowest BCUT2D eigenvalue weighted by molar-refractivity contribution is -0.152. The number of rotatable bonds is 6. The summed E-state index contributed by atoms with van der Waals surface area (Å²) in [5, 5.41) is 3.06. The minimum absolute atomic E-state index is 0.0163. The molecule has 1 N–H and O–H groups in total. The van der Waals surface area contributed by atoms with Crippen LogP contribution >= 0.6 is 0 Å².